The topological polar surface area (TPSA) is 79.3 Å². The highest BCUT2D eigenvalue weighted by Gasteiger charge is 2.47. The molecular weight excluding hydrogens is 420 g/mol. The number of methoxy groups -OCH3 is 1. The van der Waals surface area contributed by atoms with Gasteiger partial charge in [0, 0.05) is 18.7 Å². The van der Waals surface area contributed by atoms with Crippen LogP contribution in [-0.4, -0.2) is 67.0 Å². The maximum atomic E-state index is 13.3. The van der Waals surface area contributed by atoms with Crippen LogP contribution in [0.3, 0.4) is 0 Å². The number of carbonyl (C=O) groups is 2. The van der Waals surface area contributed by atoms with E-state index in [0.717, 1.165) is 5.56 Å². The minimum atomic E-state index is -0.787. The van der Waals surface area contributed by atoms with E-state index in [2.05, 4.69) is 0 Å². The van der Waals surface area contributed by atoms with E-state index in [1.165, 1.54) is 12.0 Å². The van der Waals surface area contributed by atoms with Gasteiger partial charge in [-0.15, -0.1) is 0 Å². The quantitative estimate of drug-likeness (QED) is 0.373. The van der Waals surface area contributed by atoms with Crippen molar-refractivity contribution < 1.29 is 24.2 Å². The van der Waals surface area contributed by atoms with Crippen molar-refractivity contribution >= 4 is 17.4 Å². The zero-order valence-corrected chi connectivity index (χ0v) is 20.1. The van der Waals surface area contributed by atoms with Gasteiger partial charge in [0.25, 0.3) is 11.7 Å². The van der Waals surface area contributed by atoms with Gasteiger partial charge in [-0.05, 0) is 53.1 Å². The van der Waals surface area contributed by atoms with Gasteiger partial charge in [-0.25, -0.2) is 0 Å². The number of likely N-dealkylation sites (N-methyl/N-ethyl adjacent to an activating group) is 1. The largest absolute Gasteiger partial charge is 0.507 e. The summed E-state index contributed by atoms with van der Waals surface area (Å²) < 4.78 is 11.4. The Balaban J connectivity index is 2.26. The molecule has 7 nitrogen and oxygen atoms in total. The third kappa shape index (κ3) is 5.03. The number of Topliss-reactive ketones (excluding diaryl/α,β-unsaturated/α-hetero) is 1. The number of nitrogens with zero attached hydrogens (tertiary/aromatic N) is 2. The number of aryl methyl sites for hydroxylation is 1. The minimum Gasteiger partial charge on any atom is -0.507 e. The third-order valence-corrected chi connectivity index (χ3v) is 5.51. The summed E-state index contributed by atoms with van der Waals surface area (Å²) in [7, 11) is 5.30. The summed E-state index contributed by atoms with van der Waals surface area (Å²) in [5.41, 5.74) is 1.94. The van der Waals surface area contributed by atoms with Gasteiger partial charge >= 0.3 is 0 Å². The molecular formula is C26H32N2O5. The first-order chi connectivity index (χ1) is 15.6. The van der Waals surface area contributed by atoms with Crippen LogP contribution in [0.25, 0.3) is 5.76 Å². The molecule has 2 aromatic carbocycles. The van der Waals surface area contributed by atoms with Gasteiger partial charge < -0.3 is 24.4 Å². The average Bonchev–Trinajstić information content (AvgIpc) is 3.01. The molecule has 0 aromatic heterocycles. The summed E-state index contributed by atoms with van der Waals surface area (Å²) in [5.74, 6) is -0.640. The summed E-state index contributed by atoms with van der Waals surface area (Å²) in [5, 5.41) is 11.4. The SMILES string of the molecule is COc1ccc(C)cc1/C(O)=C1\C(=O)C(=O)N(CCN(C)C)C1c1ccccc1OC(C)C. The van der Waals surface area contributed by atoms with Crippen molar-refractivity contribution in [2.75, 3.05) is 34.3 Å². The van der Waals surface area contributed by atoms with Gasteiger partial charge in [0.05, 0.1) is 30.4 Å². The van der Waals surface area contributed by atoms with Crippen LogP contribution in [-0.2, 0) is 9.59 Å². The molecule has 176 valence electrons. The van der Waals surface area contributed by atoms with Crippen LogP contribution in [0.5, 0.6) is 11.5 Å². The first-order valence-corrected chi connectivity index (χ1v) is 11.0. The average molecular weight is 453 g/mol. The highest BCUT2D eigenvalue weighted by Crippen LogP contribution is 2.43. The van der Waals surface area contributed by atoms with Crippen molar-refractivity contribution in [2.24, 2.45) is 0 Å². The van der Waals surface area contributed by atoms with Crippen LogP contribution < -0.4 is 9.47 Å². The fraction of sp³-hybridized carbons (Fsp3) is 0.385. The highest BCUT2D eigenvalue weighted by molar-refractivity contribution is 6.46. The second kappa shape index (κ2) is 10.1. The van der Waals surface area contributed by atoms with Gasteiger partial charge in [0.2, 0.25) is 0 Å². The second-order valence-corrected chi connectivity index (χ2v) is 8.70. The maximum absolute atomic E-state index is 13.3. The van der Waals surface area contributed by atoms with Crippen molar-refractivity contribution in [1.82, 2.24) is 9.80 Å². The number of ketones is 1. The molecule has 1 unspecified atom stereocenters. The summed E-state index contributed by atoms with van der Waals surface area (Å²) in [6.07, 6.45) is -0.105. The number of carbonyl (C=O) groups excluding carboxylic acids is 2. The number of likely N-dealkylation sites (tertiary alicyclic amines) is 1. The Hall–Kier alpha value is -3.32. The molecule has 2 aromatic rings. The Morgan fingerprint density at radius 2 is 1.82 bits per heavy atom. The van der Waals surface area contributed by atoms with Gasteiger partial charge in [-0.3, -0.25) is 9.59 Å². The molecule has 1 aliphatic heterocycles. The van der Waals surface area contributed by atoms with E-state index in [0.29, 0.717) is 35.7 Å². The smallest absolute Gasteiger partial charge is 0.295 e. The molecule has 1 fully saturated rings. The summed E-state index contributed by atoms with van der Waals surface area (Å²) >= 11 is 0. The number of aliphatic hydroxyl groups excluding tert-OH is 1. The Kier molecular flexibility index (Phi) is 7.43. The lowest BCUT2D eigenvalue weighted by Gasteiger charge is -2.28. The van der Waals surface area contributed by atoms with E-state index in [4.69, 9.17) is 9.47 Å². The Morgan fingerprint density at radius 1 is 1.12 bits per heavy atom. The lowest BCUT2D eigenvalue weighted by molar-refractivity contribution is -0.140. The molecule has 0 radical (unpaired) electrons. The fourth-order valence-electron chi connectivity index (χ4n) is 3.96. The molecule has 0 spiro atoms. The number of rotatable bonds is 8. The molecule has 1 heterocycles. The van der Waals surface area contributed by atoms with Gasteiger partial charge in [0.1, 0.15) is 17.3 Å². The predicted octanol–water partition coefficient (Wildman–Crippen LogP) is 3.77. The van der Waals surface area contributed by atoms with E-state index < -0.39 is 17.7 Å². The molecule has 0 bridgehead atoms. The van der Waals surface area contributed by atoms with Crippen molar-refractivity contribution in [2.45, 2.75) is 32.9 Å². The molecule has 1 aliphatic rings. The molecule has 1 N–H and O–H groups in total. The van der Waals surface area contributed by atoms with E-state index >= 15 is 0 Å². The van der Waals surface area contributed by atoms with Crippen LogP contribution >= 0.6 is 0 Å². The summed E-state index contributed by atoms with van der Waals surface area (Å²) in [4.78, 5) is 29.9. The Labute approximate surface area is 195 Å². The van der Waals surface area contributed by atoms with Crippen molar-refractivity contribution in [1.29, 1.82) is 0 Å². The van der Waals surface area contributed by atoms with E-state index in [1.807, 2.05) is 70.1 Å². The first kappa shape index (κ1) is 24.3. The lowest BCUT2D eigenvalue weighted by atomic mass is 9.94. The van der Waals surface area contributed by atoms with E-state index in [-0.39, 0.29) is 17.4 Å². The monoisotopic (exact) mass is 452 g/mol. The molecule has 1 saturated heterocycles. The molecule has 3 rings (SSSR count). The Morgan fingerprint density at radius 3 is 2.45 bits per heavy atom. The number of aliphatic hydroxyl groups is 1. The molecule has 1 amide bonds. The number of hydrogen-bond acceptors (Lipinski definition) is 6. The van der Waals surface area contributed by atoms with Crippen LogP contribution in [0.1, 0.15) is 36.6 Å². The number of amides is 1. The highest BCUT2D eigenvalue weighted by atomic mass is 16.5. The van der Waals surface area contributed by atoms with Crippen LogP contribution in [0, 0.1) is 6.92 Å². The molecule has 1 atom stereocenters. The maximum Gasteiger partial charge on any atom is 0.295 e. The van der Waals surface area contributed by atoms with Crippen LogP contribution in [0.2, 0.25) is 0 Å². The molecule has 33 heavy (non-hydrogen) atoms. The summed E-state index contributed by atoms with van der Waals surface area (Å²) in [6.45, 7) is 6.59. The zero-order valence-electron chi connectivity index (χ0n) is 20.1. The zero-order chi connectivity index (χ0) is 24.3. The standard InChI is InChI=1S/C26H32N2O5/c1-16(2)33-21-10-8-7-9-18(21)23-22(25(30)26(31)28(23)14-13-27(4)5)24(29)19-15-17(3)11-12-20(19)32-6/h7-12,15-16,23,29H,13-14H2,1-6H3/b24-22+. The van der Waals surface area contributed by atoms with Crippen molar-refractivity contribution in [3.8, 4) is 11.5 Å². The van der Waals surface area contributed by atoms with Gasteiger partial charge in [0.15, 0.2) is 0 Å². The number of benzene rings is 2. The summed E-state index contributed by atoms with van der Waals surface area (Å²) in [6, 6.07) is 11.9. The number of para-hydroxylation sites is 1. The predicted molar refractivity (Wildman–Crippen MR) is 128 cm³/mol. The van der Waals surface area contributed by atoms with Gasteiger partial charge in [-0.2, -0.15) is 0 Å². The van der Waals surface area contributed by atoms with Crippen molar-refractivity contribution in [3.05, 3.63) is 64.7 Å². The second-order valence-electron chi connectivity index (χ2n) is 8.70. The lowest BCUT2D eigenvalue weighted by Crippen LogP contribution is -2.35. The molecule has 7 heteroatoms. The number of hydrogen-bond donors (Lipinski definition) is 1. The molecule has 0 saturated carbocycles. The minimum absolute atomic E-state index is 0.0301. The van der Waals surface area contributed by atoms with Crippen LogP contribution in [0.4, 0.5) is 0 Å². The normalized spacial score (nSPS) is 17.8. The Bertz CT molecular complexity index is 1070. The number of ether oxygens (including phenoxy) is 2. The van der Waals surface area contributed by atoms with Crippen molar-refractivity contribution in [3.63, 3.8) is 0 Å². The van der Waals surface area contributed by atoms with Gasteiger partial charge in [-0.1, -0.05) is 29.8 Å². The van der Waals surface area contributed by atoms with Crippen LogP contribution in [0.15, 0.2) is 48.0 Å². The van der Waals surface area contributed by atoms with E-state index in [1.54, 1.807) is 12.1 Å². The molecule has 0 aliphatic carbocycles. The van der Waals surface area contributed by atoms with E-state index in [9.17, 15) is 14.7 Å². The first-order valence-electron chi connectivity index (χ1n) is 11.0. The third-order valence-electron chi connectivity index (χ3n) is 5.51. The fourth-order valence-corrected chi connectivity index (χ4v) is 3.96.